The average Bonchev–Trinajstić information content (AvgIpc) is 2.65. The highest BCUT2D eigenvalue weighted by atomic mass is 19.4. The molecule has 0 aromatic heterocycles. The first-order valence-electron chi connectivity index (χ1n) is 7.53. The molecule has 0 N–H and O–H groups in total. The van der Waals surface area contributed by atoms with E-state index in [1.807, 2.05) is 0 Å². The van der Waals surface area contributed by atoms with E-state index in [2.05, 4.69) is 11.3 Å². The Kier molecular flexibility index (Phi) is 7.85. The molecule has 23 heteroatoms. The van der Waals surface area contributed by atoms with Crippen LogP contribution in [0, 0.1) is 0 Å². The van der Waals surface area contributed by atoms with Crippen LogP contribution in [0.1, 0.15) is 0 Å². The fourth-order valence-corrected chi connectivity index (χ4v) is 1.78. The summed E-state index contributed by atoms with van der Waals surface area (Å²) in [6.45, 7) is 2.19. The molecule has 36 heavy (non-hydrogen) atoms. The van der Waals surface area contributed by atoms with Crippen molar-refractivity contribution in [2.75, 3.05) is 0 Å². The number of rotatable bonds is 10. The summed E-state index contributed by atoms with van der Waals surface area (Å²) in [6.07, 6.45) is -16.1. The Balaban J connectivity index is 7.05. The summed E-state index contributed by atoms with van der Waals surface area (Å²) < 4.78 is 275. The molecule has 0 spiro atoms. The SMILES string of the molecule is C=CC(=O)OC(F)(F)C(F)(F)C(F)(F)C(F)(F)C(F)(F)C(F)(F)C(F)(F)C(F)(F)C(F)(F)C(F)(F)F. The summed E-state index contributed by atoms with van der Waals surface area (Å²) in [4.78, 5) is 10.4. The molecule has 2 nitrogen and oxygen atoms in total. The van der Waals surface area contributed by atoms with Gasteiger partial charge in [0.1, 0.15) is 0 Å². The smallest absolute Gasteiger partial charge is 0.393 e. The zero-order valence-electron chi connectivity index (χ0n) is 15.5. The lowest BCUT2D eigenvalue weighted by atomic mass is 9.87. The molecule has 0 rings (SSSR count). The summed E-state index contributed by atoms with van der Waals surface area (Å²) in [5, 5.41) is 0. The van der Waals surface area contributed by atoms with Crippen molar-refractivity contribution in [3.63, 3.8) is 0 Å². The van der Waals surface area contributed by atoms with Crippen LogP contribution < -0.4 is 0 Å². The van der Waals surface area contributed by atoms with Crippen LogP contribution in [0.25, 0.3) is 0 Å². The van der Waals surface area contributed by atoms with Gasteiger partial charge in [-0.25, -0.2) is 4.79 Å². The van der Waals surface area contributed by atoms with Gasteiger partial charge in [0.25, 0.3) is 0 Å². The Morgan fingerprint density at radius 2 is 0.667 bits per heavy atom. The van der Waals surface area contributed by atoms with Gasteiger partial charge >= 0.3 is 65.6 Å². The fraction of sp³-hybridized carbons (Fsp3) is 0.769. The number of hydrogen-bond donors (Lipinski definition) is 0. The van der Waals surface area contributed by atoms with Gasteiger partial charge in [-0.2, -0.15) is 92.2 Å². The second-order valence-corrected chi connectivity index (χ2v) is 6.23. The van der Waals surface area contributed by atoms with E-state index in [-0.39, 0.29) is 0 Å². The highest BCUT2D eigenvalue weighted by Crippen LogP contribution is 2.66. The number of ether oxygens (including phenoxy) is 1. The van der Waals surface area contributed by atoms with Crippen molar-refractivity contribution in [2.45, 2.75) is 59.7 Å². The van der Waals surface area contributed by atoms with Crippen LogP contribution in [0.15, 0.2) is 12.7 Å². The quantitative estimate of drug-likeness (QED) is 0.157. The molecule has 0 aromatic carbocycles. The van der Waals surface area contributed by atoms with E-state index in [0.717, 1.165) is 0 Å². The van der Waals surface area contributed by atoms with Crippen molar-refractivity contribution in [2.24, 2.45) is 0 Å². The van der Waals surface area contributed by atoms with Crippen molar-refractivity contribution < 1.29 is 102 Å². The zero-order chi connectivity index (χ0) is 30.0. The lowest BCUT2D eigenvalue weighted by Crippen LogP contribution is -2.77. The Hall–Kier alpha value is -2.26. The maximum atomic E-state index is 13.4. The predicted octanol–water partition coefficient (Wildman–Crippen LogP) is 6.95. The molecule has 0 amide bonds. The van der Waals surface area contributed by atoms with Gasteiger partial charge in [0.15, 0.2) is 0 Å². The minimum Gasteiger partial charge on any atom is -0.393 e. The molecule has 0 aromatic rings. The van der Waals surface area contributed by atoms with Gasteiger partial charge in [-0.15, -0.1) is 0 Å². The predicted molar refractivity (Wildman–Crippen MR) is 66.9 cm³/mol. The van der Waals surface area contributed by atoms with Crippen molar-refractivity contribution >= 4 is 5.97 Å². The molecule has 0 saturated heterocycles. The Morgan fingerprint density at radius 3 is 0.889 bits per heavy atom. The third-order valence-electron chi connectivity index (χ3n) is 3.88. The molecular weight excluding hydrogens is 587 g/mol. The van der Waals surface area contributed by atoms with Gasteiger partial charge in [0.05, 0.1) is 0 Å². The van der Waals surface area contributed by atoms with Crippen LogP contribution >= 0.6 is 0 Å². The first-order chi connectivity index (χ1) is 15.2. The summed E-state index contributed by atoms with van der Waals surface area (Å²) in [5.74, 6) is -74.3. The summed E-state index contributed by atoms with van der Waals surface area (Å²) in [5.41, 5.74) is 0. The summed E-state index contributed by atoms with van der Waals surface area (Å²) >= 11 is 0. The van der Waals surface area contributed by atoms with E-state index in [0.29, 0.717) is 0 Å². The Morgan fingerprint density at radius 1 is 0.444 bits per heavy atom. The zero-order valence-corrected chi connectivity index (χ0v) is 15.5. The minimum absolute atomic E-state index is 0.591. The second-order valence-electron chi connectivity index (χ2n) is 6.23. The lowest BCUT2D eigenvalue weighted by molar-refractivity contribution is -0.482. The van der Waals surface area contributed by atoms with E-state index in [1.165, 1.54) is 0 Å². The first-order valence-corrected chi connectivity index (χ1v) is 7.53. The number of esters is 1. The maximum absolute atomic E-state index is 13.4. The molecule has 0 fully saturated rings. The molecular formula is C13H3F21O2. The molecule has 0 bridgehead atoms. The van der Waals surface area contributed by atoms with Gasteiger partial charge in [0.2, 0.25) is 0 Å². The molecule has 0 aliphatic carbocycles. The highest BCUT2D eigenvalue weighted by molar-refractivity contribution is 5.81. The van der Waals surface area contributed by atoms with Crippen LogP contribution in [0.4, 0.5) is 92.2 Å². The van der Waals surface area contributed by atoms with Crippen molar-refractivity contribution in [3.05, 3.63) is 12.7 Å². The molecule has 0 atom stereocenters. The van der Waals surface area contributed by atoms with E-state index in [9.17, 15) is 97.0 Å². The van der Waals surface area contributed by atoms with Crippen LogP contribution in [-0.4, -0.2) is 65.6 Å². The van der Waals surface area contributed by atoms with Crippen molar-refractivity contribution in [1.82, 2.24) is 0 Å². The summed E-state index contributed by atoms with van der Waals surface area (Å²) in [6, 6.07) is 0. The monoisotopic (exact) mass is 590 g/mol. The van der Waals surface area contributed by atoms with Gasteiger partial charge in [-0.05, 0) is 0 Å². The molecule has 0 radical (unpaired) electrons. The van der Waals surface area contributed by atoms with Gasteiger partial charge < -0.3 is 4.74 Å². The van der Waals surface area contributed by atoms with Crippen LogP contribution in [-0.2, 0) is 9.53 Å². The highest BCUT2D eigenvalue weighted by Gasteiger charge is 2.98. The first kappa shape index (κ1) is 33.7. The summed E-state index contributed by atoms with van der Waals surface area (Å²) in [7, 11) is 0. The number of alkyl halides is 21. The fourth-order valence-electron chi connectivity index (χ4n) is 1.78. The number of carbonyl (C=O) groups is 1. The van der Waals surface area contributed by atoms with E-state index < -0.39 is 71.7 Å². The van der Waals surface area contributed by atoms with Gasteiger partial charge in [0, 0.05) is 6.08 Å². The van der Waals surface area contributed by atoms with Gasteiger partial charge in [-0.3, -0.25) is 0 Å². The molecule has 0 saturated carbocycles. The number of hydrogen-bond acceptors (Lipinski definition) is 2. The minimum atomic E-state index is -9.26. The van der Waals surface area contributed by atoms with Gasteiger partial charge in [-0.1, -0.05) is 6.58 Å². The van der Waals surface area contributed by atoms with E-state index in [1.54, 1.807) is 0 Å². The number of halogens is 21. The Bertz CT molecular complexity index is 850. The molecule has 0 aliphatic rings. The molecule has 0 heterocycles. The van der Waals surface area contributed by atoms with E-state index >= 15 is 0 Å². The van der Waals surface area contributed by atoms with Crippen LogP contribution in [0.3, 0.4) is 0 Å². The average molecular weight is 590 g/mol. The molecule has 0 unspecified atom stereocenters. The number of carbonyl (C=O) groups excluding carboxylic acids is 1. The molecule has 0 aliphatic heterocycles. The van der Waals surface area contributed by atoms with Crippen LogP contribution in [0.5, 0.6) is 0 Å². The van der Waals surface area contributed by atoms with E-state index in [4.69, 9.17) is 0 Å². The lowest BCUT2D eigenvalue weighted by Gasteiger charge is -2.44. The normalized spacial score (nSPS) is 16.1. The largest absolute Gasteiger partial charge is 0.473 e. The maximum Gasteiger partial charge on any atom is 0.473 e. The molecule has 214 valence electrons. The third-order valence-corrected chi connectivity index (χ3v) is 3.88. The standard InChI is InChI=1S/C13H3F21O2/c1-2-3(35)36-13(33,34)11(28,29)9(24,25)7(20,21)5(16,17)4(14,15)6(18,19)8(22,23)10(26,27)12(30,31)32/h2H,1H2. The topological polar surface area (TPSA) is 26.3 Å². The third kappa shape index (κ3) is 4.08. The van der Waals surface area contributed by atoms with Crippen molar-refractivity contribution in [3.8, 4) is 0 Å². The Labute approximate surface area is 181 Å². The van der Waals surface area contributed by atoms with Crippen molar-refractivity contribution in [1.29, 1.82) is 0 Å². The second kappa shape index (κ2) is 8.38. The van der Waals surface area contributed by atoms with Crippen LogP contribution in [0.2, 0.25) is 0 Å².